The Balaban J connectivity index is 2.08. The van der Waals surface area contributed by atoms with E-state index in [2.05, 4.69) is 15.3 Å². The molecule has 0 radical (unpaired) electrons. The van der Waals surface area contributed by atoms with Crippen LogP contribution in [-0.4, -0.2) is 32.4 Å². The summed E-state index contributed by atoms with van der Waals surface area (Å²) in [6.45, 7) is 1.99. The van der Waals surface area contributed by atoms with Crippen LogP contribution in [0.4, 0.5) is 0 Å². The van der Waals surface area contributed by atoms with E-state index < -0.39 is 5.97 Å². The van der Waals surface area contributed by atoms with Crippen LogP contribution in [0.2, 0.25) is 5.02 Å². The zero-order valence-corrected chi connectivity index (χ0v) is 14.1. The summed E-state index contributed by atoms with van der Waals surface area (Å²) in [4.78, 5) is 12.2. The molecule has 0 aliphatic heterocycles. The van der Waals surface area contributed by atoms with E-state index in [1.165, 1.54) is 4.52 Å². The van der Waals surface area contributed by atoms with Gasteiger partial charge in [0.25, 0.3) is 5.82 Å². The maximum Gasteiger partial charge on any atom is 0.378 e. The minimum absolute atomic E-state index is 0.0471. The van der Waals surface area contributed by atoms with Crippen molar-refractivity contribution in [2.24, 2.45) is 0 Å². The molecule has 0 fully saturated rings. The average Bonchev–Trinajstić information content (AvgIpc) is 3.06. The molecule has 124 valence electrons. The molecule has 6 nitrogen and oxygen atoms in total. The molecule has 0 saturated carbocycles. The largest absolute Gasteiger partial charge is 0.460 e. The number of carbonyl (C=O) groups is 1. The molecule has 2 heterocycles. The number of rotatable bonds is 3. The van der Waals surface area contributed by atoms with Crippen molar-refractivity contribution in [1.82, 2.24) is 19.8 Å². The number of benzene rings is 2. The van der Waals surface area contributed by atoms with Crippen molar-refractivity contribution in [2.45, 2.75) is 6.92 Å². The van der Waals surface area contributed by atoms with Gasteiger partial charge in [0, 0.05) is 21.4 Å². The number of hydrogen-bond donors (Lipinski definition) is 0. The van der Waals surface area contributed by atoms with Crippen molar-refractivity contribution in [2.75, 3.05) is 6.61 Å². The minimum Gasteiger partial charge on any atom is -0.460 e. The van der Waals surface area contributed by atoms with Gasteiger partial charge < -0.3 is 4.74 Å². The first-order chi connectivity index (χ1) is 12.2. The van der Waals surface area contributed by atoms with E-state index in [0.717, 1.165) is 16.3 Å². The van der Waals surface area contributed by atoms with Crippen LogP contribution >= 0.6 is 11.6 Å². The molecule has 2 aromatic carbocycles. The molecule has 0 amide bonds. The average molecular weight is 353 g/mol. The van der Waals surface area contributed by atoms with Crippen LogP contribution in [0.3, 0.4) is 0 Å². The zero-order valence-electron chi connectivity index (χ0n) is 13.3. The predicted octanol–water partition coefficient (Wildman–Crippen LogP) is 3.77. The van der Waals surface area contributed by atoms with E-state index in [9.17, 15) is 4.79 Å². The van der Waals surface area contributed by atoms with Crippen LogP contribution in [0.15, 0.2) is 48.5 Å². The van der Waals surface area contributed by atoms with Gasteiger partial charge in [0.2, 0.25) is 0 Å². The molecule has 4 aromatic rings. The number of carbonyl (C=O) groups excluding carboxylic acids is 1. The number of esters is 1. The van der Waals surface area contributed by atoms with Crippen molar-refractivity contribution >= 4 is 34.0 Å². The molecule has 0 unspecified atom stereocenters. The van der Waals surface area contributed by atoms with E-state index >= 15 is 0 Å². The fourth-order valence-corrected chi connectivity index (χ4v) is 2.91. The summed E-state index contributed by atoms with van der Waals surface area (Å²) in [5.41, 5.74) is 2.07. The molecule has 0 aliphatic carbocycles. The number of ether oxygens (including phenoxy) is 1. The first-order valence-electron chi connectivity index (χ1n) is 7.76. The van der Waals surface area contributed by atoms with Crippen molar-refractivity contribution < 1.29 is 9.53 Å². The monoisotopic (exact) mass is 352 g/mol. The van der Waals surface area contributed by atoms with Gasteiger partial charge in [0.05, 0.1) is 12.3 Å². The van der Waals surface area contributed by atoms with Crippen molar-refractivity contribution in [1.29, 1.82) is 0 Å². The molecule has 0 N–H and O–H groups in total. The standard InChI is InChI=1S/C18H13ClN4O2/c1-2-25-18(24)17-21-20-16-13-9-8-12(19)10-14(13)15(22-23(16)17)11-6-4-3-5-7-11/h3-10H,2H2,1H3. The van der Waals surface area contributed by atoms with E-state index in [4.69, 9.17) is 16.3 Å². The third kappa shape index (κ3) is 2.60. The van der Waals surface area contributed by atoms with Crippen molar-refractivity contribution in [3.8, 4) is 11.3 Å². The maximum atomic E-state index is 12.2. The Hall–Kier alpha value is -2.99. The fraction of sp³-hybridized carbons (Fsp3) is 0.111. The summed E-state index contributed by atoms with van der Waals surface area (Å²) in [6, 6.07) is 15.1. The molecule has 7 heteroatoms. The Kier molecular flexibility index (Phi) is 3.82. The molecule has 0 spiro atoms. The number of halogens is 1. The van der Waals surface area contributed by atoms with Gasteiger partial charge in [-0.3, -0.25) is 0 Å². The number of fused-ring (bicyclic) bond motifs is 3. The van der Waals surface area contributed by atoms with Gasteiger partial charge in [-0.1, -0.05) is 41.9 Å². The van der Waals surface area contributed by atoms with Crippen LogP contribution in [0.5, 0.6) is 0 Å². The normalized spacial score (nSPS) is 11.1. The lowest BCUT2D eigenvalue weighted by Gasteiger charge is -2.09. The fourth-order valence-electron chi connectivity index (χ4n) is 2.74. The third-order valence-electron chi connectivity index (χ3n) is 3.82. The van der Waals surface area contributed by atoms with Crippen LogP contribution in [0.25, 0.3) is 27.7 Å². The molecule has 4 rings (SSSR count). The van der Waals surface area contributed by atoms with Crippen molar-refractivity contribution in [3.63, 3.8) is 0 Å². The Labute approximate surface area is 148 Å². The van der Waals surface area contributed by atoms with E-state index in [0.29, 0.717) is 16.4 Å². The smallest absolute Gasteiger partial charge is 0.378 e. The lowest BCUT2D eigenvalue weighted by atomic mass is 10.1. The third-order valence-corrected chi connectivity index (χ3v) is 4.06. The zero-order chi connectivity index (χ0) is 17.4. The summed E-state index contributed by atoms with van der Waals surface area (Å²) in [6.07, 6.45) is 0. The topological polar surface area (TPSA) is 69.4 Å². The summed E-state index contributed by atoms with van der Waals surface area (Å²) < 4.78 is 6.47. The van der Waals surface area contributed by atoms with Gasteiger partial charge in [-0.15, -0.1) is 10.2 Å². The Morgan fingerprint density at radius 2 is 1.92 bits per heavy atom. The summed E-state index contributed by atoms with van der Waals surface area (Å²) >= 11 is 6.18. The van der Waals surface area contributed by atoms with Gasteiger partial charge in [0.1, 0.15) is 0 Å². The maximum absolute atomic E-state index is 12.2. The number of nitrogens with zero attached hydrogens (tertiary/aromatic N) is 4. The quantitative estimate of drug-likeness (QED) is 0.525. The second kappa shape index (κ2) is 6.14. The molecule has 0 atom stereocenters. The van der Waals surface area contributed by atoms with Crippen molar-refractivity contribution in [3.05, 3.63) is 59.4 Å². The van der Waals surface area contributed by atoms with Gasteiger partial charge in [-0.05, 0) is 25.1 Å². The van der Waals surface area contributed by atoms with E-state index in [-0.39, 0.29) is 12.4 Å². The van der Waals surface area contributed by atoms with Gasteiger partial charge in [-0.25, -0.2) is 4.79 Å². The molecule has 25 heavy (non-hydrogen) atoms. The minimum atomic E-state index is -0.560. The highest BCUT2D eigenvalue weighted by Gasteiger charge is 2.20. The van der Waals surface area contributed by atoms with Gasteiger partial charge >= 0.3 is 5.97 Å². The van der Waals surface area contributed by atoms with Crippen LogP contribution in [0.1, 0.15) is 17.5 Å². The molecular weight excluding hydrogens is 340 g/mol. The second-order valence-electron chi connectivity index (χ2n) is 5.38. The number of hydrogen-bond acceptors (Lipinski definition) is 5. The highest BCUT2D eigenvalue weighted by molar-refractivity contribution is 6.31. The first-order valence-corrected chi connectivity index (χ1v) is 8.14. The van der Waals surface area contributed by atoms with E-state index in [1.807, 2.05) is 42.5 Å². The van der Waals surface area contributed by atoms with Gasteiger partial charge in [0.15, 0.2) is 5.65 Å². The second-order valence-corrected chi connectivity index (χ2v) is 5.82. The highest BCUT2D eigenvalue weighted by atomic mass is 35.5. The van der Waals surface area contributed by atoms with E-state index in [1.54, 1.807) is 13.0 Å². The number of aromatic nitrogens is 4. The Morgan fingerprint density at radius 1 is 1.12 bits per heavy atom. The van der Waals surface area contributed by atoms with Crippen LogP contribution < -0.4 is 0 Å². The highest BCUT2D eigenvalue weighted by Crippen LogP contribution is 2.31. The first kappa shape index (κ1) is 15.5. The summed E-state index contributed by atoms with van der Waals surface area (Å²) in [5.74, 6) is -0.513. The lowest BCUT2D eigenvalue weighted by Crippen LogP contribution is -2.11. The lowest BCUT2D eigenvalue weighted by molar-refractivity contribution is 0.0509. The van der Waals surface area contributed by atoms with Crippen LogP contribution in [0, 0.1) is 0 Å². The predicted molar refractivity (Wildman–Crippen MR) is 94.7 cm³/mol. The van der Waals surface area contributed by atoms with Gasteiger partial charge in [-0.2, -0.15) is 9.61 Å². The molecule has 0 bridgehead atoms. The molecule has 0 saturated heterocycles. The molecule has 2 aromatic heterocycles. The molecule has 0 aliphatic rings. The van der Waals surface area contributed by atoms with Crippen LogP contribution in [-0.2, 0) is 4.74 Å². The Bertz CT molecular complexity index is 1090. The summed E-state index contributed by atoms with van der Waals surface area (Å²) in [5, 5.41) is 14.9. The molecular formula is C18H13ClN4O2. The summed E-state index contributed by atoms with van der Waals surface area (Å²) in [7, 11) is 0. The SMILES string of the molecule is CCOC(=O)c1nnc2c3ccc(Cl)cc3c(-c3ccccc3)nn12. The Morgan fingerprint density at radius 3 is 2.68 bits per heavy atom.